The van der Waals surface area contributed by atoms with Gasteiger partial charge in [0.05, 0.1) is 0 Å². The lowest BCUT2D eigenvalue weighted by atomic mass is 10.00. The van der Waals surface area contributed by atoms with E-state index in [4.69, 9.17) is 4.74 Å². The largest absolute Gasteiger partial charge is 0.489 e. The highest BCUT2D eigenvalue weighted by Gasteiger charge is 2.04. The van der Waals surface area contributed by atoms with Crippen LogP contribution >= 0.6 is 15.9 Å². The molecule has 0 aliphatic carbocycles. The van der Waals surface area contributed by atoms with Crippen molar-refractivity contribution in [3.63, 3.8) is 0 Å². The summed E-state index contributed by atoms with van der Waals surface area (Å²) in [5.41, 5.74) is 3.73. The molecule has 112 valence electrons. The van der Waals surface area contributed by atoms with E-state index in [-0.39, 0.29) is 0 Å². The Bertz CT molecular complexity index is 580. The highest BCUT2D eigenvalue weighted by atomic mass is 79.9. The average Bonchev–Trinajstić information content (AvgIpc) is 2.49. The first-order valence-electron chi connectivity index (χ1n) is 7.22. The normalized spacial score (nSPS) is 12.2. The standard InChI is InChI=1S/C18H22BrNO/c1-13-10-17(8-9-18(13)19)21-12-15-4-6-16(7-5-15)14(2)11-20-3/h4-10,14,20H,11-12H2,1-3H3. The van der Waals surface area contributed by atoms with Crippen molar-refractivity contribution in [1.82, 2.24) is 5.32 Å². The molecule has 0 radical (unpaired) electrons. The summed E-state index contributed by atoms with van der Waals surface area (Å²) in [5, 5.41) is 3.21. The van der Waals surface area contributed by atoms with Crippen LogP contribution in [-0.4, -0.2) is 13.6 Å². The van der Waals surface area contributed by atoms with E-state index >= 15 is 0 Å². The second kappa shape index (κ2) is 7.62. The van der Waals surface area contributed by atoms with Crippen molar-refractivity contribution < 1.29 is 4.74 Å². The summed E-state index contributed by atoms with van der Waals surface area (Å²) >= 11 is 3.50. The van der Waals surface area contributed by atoms with Crippen LogP contribution in [0.5, 0.6) is 5.75 Å². The van der Waals surface area contributed by atoms with E-state index in [9.17, 15) is 0 Å². The number of halogens is 1. The molecule has 0 spiro atoms. The minimum atomic E-state index is 0.527. The molecule has 21 heavy (non-hydrogen) atoms. The summed E-state index contributed by atoms with van der Waals surface area (Å²) in [4.78, 5) is 0. The molecule has 2 nitrogen and oxygen atoms in total. The van der Waals surface area contributed by atoms with Crippen LogP contribution in [0.2, 0.25) is 0 Å². The molecule has 0 aliphatic rings. The van der Waals surface area contributed by atoms with Crippen LogP contribution in [0.15, 0.2) is 46.9 Å². The van der Waals surface area contributed by atoms with Gasteiger partial charge in [-0.05, 0) is 54.8 Å². The Kier molecular flexibility index (Phi) is 5.83. The van der Waals surface area contributed by atoms with E-state index in [1.165, 1.54) is 16.7 Å². The van der Waals surface area contributed by atoms with E-state index in [0.717, 1.165) is 16.8 Å². The Morgan fingerprint density at radius 1 is 1.14 bits per heavy atom. The number of benzene rings is 2. The van der Waals surface area contributed by atoms with E-state index in [1.54, 1.807) is 0 Å². The Labute approximate surface area is 135 Å². The third-order valence-corrected chi connectivity index (χ3v) is 4.48. The van der Waals surface area contributed by atoms with Gasteiger partial charge in [-0.2, -0.15) is 0 Å². The molecule has 0 aromatic heterocycles. The molecule has 2 rings (SSSR count). The maximum Gasteiger partial charge on any atom is 0.120 e. The van der Waals surface area contributed by atoms with E-state index in [0.29, 0.717) is 12.5 Å². The highest BCUT2D eigenvalue weighted by Crippen LogP contribution is 2.22. The van der Waals surface area contributed by atoms with Crippen LogP contribution in [0.25, 0.3) is 0 Å². The van der Waals surface area contributed by atoms with Gasteiger partial charge in [-0.3, -0.25) is 0 Å². The van der Waals surface area contributed by atoms with Gasteiger partial charge in [-0.25, -0.2) is 0 Å². The molecule has 0 saturated heterocycles. The van der Waals surface area contributed by atoms with Crippen LogP contribution in [-0.2, 0) is 6.61 Å². The van der Waals surface area contributed by atoms with Crippen LogP contribution in [0.3, 0.4) is 0 Å². The lowest BCUT2D eigenvalue weighted by Crippen LogP contribution is -2.14. The van der Waals surface area contributed by atoms with Crippen LogP contribution in [0.1, 0.15) is 29.5 Å². The third-order valence-electron chi connectivity index (χ3n) is 3.59. The van der Waals surface area contributed by atoms with Crippen molar-refractivity contribution in [2.45, 2.75) is 26.4 Å². The summed E-state index contributed by atoms with van der Waals surface area (Å²) in [6, 6.07) is 14.7. The van der Waals surface area contributed by atoms with Gasteiger partial charge in [0.2, 0.25) is 0 Å². The molecule has 0 fully saturated rings. The van der Waals surface area contributed by atoms with Gasteiger partial charge in [0.25, 0.3) is 0 Å². The second-order valence-electron chi connectivity index (χ2n) is 5.40. The Morgan fingerprint density at radius 2 is 1.86 bits per heavy atom. The lowest BCUT2D eigenvalue weighted by Gasteiger charge is -2.12. The third kappa shape index (κ3) is 4.58. The molecule has 0 bridgehead atoms. The maximum atomic E-state index is 5.84. The zero-order valence-corrected chi connectivity index (χ0v) is 14.4. The number of likely N-dealkylation sites (N-methyl/N-ethyl adjacent to an activating group) is 1. The molecule has 0 aliphatic heterocycles. The molecule has 3 heteroatoms. The first kappa shape index (κ1) is 16.1. The molecule has 2 aromatic carbocycles. The predicted molar refractivity (Wildman–Crippen MR) is 92.0 cm³/mol. The van der Waals surface area contributed by atoms with Gasteiger partial charge in [-0.1, -0.05) is 47.1 Å². The van der Waals surface area contributed by atoms with Crippen molar-refractivity contribution in [1.29, 1.82) is 0 Å². The van der Waals surface area contributed by atoms with Crippen molar-refractivity contribution >= 4 is 15.9 Å². The van der Waals surface area contributed by atoms with Crippen LogP contribution < -0.4 is 10.1 Å². The molecular formula is C18H22BrNO. The minimum Gasteiger partial charge on any atom is -0.489 e. The van der Waals surface area contributed by atoms with Gasteiger partial charge in [0, 0.05) is 11.0 Å². The number of hydrogen-bond donors (Lipinski definition) is 1. The van der Waals surface area contributed by atoms with Gasteiger partial charge in [0.15, 0.2) is 0 Å². The molecule has 0 heterocycles. The molecule has 1 N–H and O–H groups in total. The molecule has 1 atom stereocenters. The van der Waals surface area contributed by atoms with E-state index in [2.05, 4.69) is 59.4 Å². The van der Waals surface area contributed by atoms with Gasteiger partial charge in [-0.15, -0.1) is 0 Å². The van der Waals surface area contributed by atoms with Crippen molar-refractivity contribution in [3.8, 4) is 5.75 Å². The highest BCUT2D eigenvalue weighted by molar-refractivity contribution is 9.10. The second-order valence-corrected chi connectivity index (χ2v) is 6.25. The molecule has 0 amide bonds. The first-order valence-corrected chi connectivity index (χ1v) is 8.02. The number of ether oxygens (including phenoxy) is 1. The number of nitrogens with one attached hydrogen (secondary N) is 1. The first-order chi connectivity index (χ1) is 10.1. The Balaban J connectivity index is 1.95. The lowest BCUT2D eigenvalue weighted by molar-refractivity contribution is 0.306. The van der Waals surface area contributed by atoms with Gasteiger partial charge >= 0.3 is 0 Å². The van der Waals surface area contributed by atoms with Gasteiger partial charge < -0.3 is 10.1 Å². The fourth-order valence-corrected chi connectivity index (χ4v) is 2.49. The molecular weight excluding hydrogens is 326 g/mol. The summed E-state index contributed by atoms with van der Waals surface area (Å²) in [5.74, 6) is 1.43. The predicted octanol–water partition coefficient (Wildman–Crippen LogP) is 4.66. The topological polar surface area (TPSA) is 21.3 Å². The minimum absolute atomic E-state index is 0.527. The summed E-state index contributed by atoms with van der Waals surface area (Å²) in [7, 11) is 1.99. The van der Waals surface area contributed by atoms with E-state index in [1.807, 2.05) is 25.2 Å². The quantitative estimate of drug-likeness (QED) is 0.820. The van der Waals surface area contributed by atoms with Crippen molar-refractivity contribution in [3.05, 3.63) is 63.6 Å². The molecule has 0 saturated carbocycles. The summed E-state index contributed by atoms with van der Waals surface area (Å²) in [6.07, 6.45) is 0. The monoisotopic (exact) mass is 347 g/mol. The average molecular weight is 348 g/mol. The zero-order valence-electron chi connectivity index (χ0n) is 12.8. The maximum absolute atomic E-state index is 5.84. The zero-order chi connectivity index (χ0) is 15.2. The Morgan fingerprint density at radius 3 is 2.48 bits per heavy atom. The molecule has 2 aromatic rings. The van der Waals surface area contributed by atoms with Crippen molar-refractivity contribution in [2.75, 3.05) is 13.6 Å². The van der Waals surface area contributed by atoms with Crippen molar-refractivity contribution in [2.24, 2.45) is 0 Å². The van der Waals surface area contributed by atoms with E-state index < -0.39 is 0 Å². The van der Waals surface area contributed by atoms with Crippen LogP contribution in [0, 0.1) is 6.92 Å². The van der Waals surface area contributed by atoms with Crippen LogP contribution in [0.4, 0.5) is 0 Å². The summed E-state index contributed by atoms with van der Waals surface area (Å²) in [6.45, 7) is 5.89. The fraction of sp³-hybridized carbons (Fsp3) is 0.333. The Hall–Kier alpha value is -1.32. The fourth-order valence-electron chi connectivity index (χ4n) is 2.24. The number of aryl methyl sites for hydroxylation is 1. The van der Waals surface area contributed by atoms with Gasteiger partial charge in [0.1, 0.15) is 12.4 Å². The SMILES string of the molecule is CNCC(C)c1ccc(COc2ccc(Br)c(C)c2)cc1. The number of hydrogen-bond acceptors (Lipinski definition) is 2. The smallest absolute Gasteiger partial charge is 0.120 e. The summed E-state index contributed by atoms with van der Waals surface area (Å²) < 4.78 is 6.95. The number of rotatable bonds is 6. The molecule has 1 unspecified atom stereocenters.